The second-order valence-electron chi connectivity index (χ2n) is 4.90. The molecule has 0 unspecified atom stereocenters. The first-order chi connectivity index (χ1) is 8.68. The maximum Gasteiger partial charge on any atom is 0.222 e. The number of hydrogen-bond donors (Lipinski definition) is 2. The van der Waals surface area contributed by atoms with Crippen molar-refractivity contribution in [1.29, 1.82) is 0 Å². The van der Waals surface area contributed by atoms with Crippen molar-refractivity contribution in [3.63, 3.8) is 0 Å². The Morgan fingerprint density at radius 1 is 1.33 bits per heavy atom. The highest BCUT2D eigenvalue weighted by atomic mass is 16.2. The van der Waals surface area contributed by atoms with Crippen LogP contribution in [-0.2, 0) is 11.2 Å². The lowest BCUT2D eigenvalue weighted by molar-refractivity contribution is -0.130. The lowest BCUT2D eigenvalue weighted by Crippen LogP contribution is -2.34. The van der Waals surface area contributed by atoms with Gasteiger partial charge in [-0.05, 0) is 38.8 Å². The van der Waals surface area contributed by atoms with Gasteiger partial charge in [0.05, 0.1) is 5.69 Å². The summed E-state index contributed by atoms with van der Waals surface area (Å²) in [6.07, 6.45) is 2.42. The molecule has 1 aromatic rings. The van der Waals surface area contributed by atoms with Crippen molar-refractivity contribution < 1.29 is 4.79 Å². The van der Waals surface area contributed by atoms with Crippen molar-refractivity contribution in [2.75, 3.05) is 26.2 Å². The molecule has 5 heteroatoms. The van der Waals surface area contributed by atoms with E-state index in [0.29, 0.717) is 6.42 Å². The van der Waals surface area contributed by atoms with Crippen molar-refractivity contribution in [2.24, 2.45) is 0 Å². The number of H-pyrrole nitrogens is 1. The van der Waals surface area contributed by atoms with Gasteiger partial charge in [0.1, 0.15) is 0 Å². The van der Waals surface area contributed by atoms with Crippen LogP contribution in [0.25, 0.3) is 0 Å². The standard InChI is InChI=1S/C13H22N4O/c1-10-12(11(2)16-15-10)4-5-13(18)17-8-3-6-14-7-9-17/h14H,3-9H2,1-2H3,(H,15,16). The molecular weight excluding hydrogens is 228 g/mol. The largest absolute Gasteiger partial charge is 0.341 e. The highest BCUT2D eigenvalue weighted by Gasteiger charge is 2.16. The Balaban J connectivity index is 1.87. The number of rotatable bonds is 3. The van der Waals surface area contributed by atoms with E-state index in [4.69, 9.17) is 0 Å². The molecule has 0 spiro atoms. The molecule has 0 radical (unpaired) electrons. The first-order valence-electron chi connectivity index (χ1n) is 6.67. The molecule has 18 heavy (non-hydrogen) atoms. The van der Waals surface area contributed by atoms with Crippen LogP contribution in [0.15, 0.2) is 0 Å². The number of carbonyl (C=O) groups is 1. The van der Waals surface area contributed by atoms with E-state index in [1.807, 2.05) is 18.7 Å². The fourth-order valence-electron chi connectivity index (χ4n) is 2.43. The Bertz CT molecular complexity index is 386. The first-order valence-corrected chi connectivity index (χ1v) is 6.67. The molecule has 0 saturated carbocycles. The fourth-order valence-corrected chi connectivity index (χ4v) is 2.43. The SMILES string of the molecule is Cc1n[nH]c(C)c1CCC(=O)N1CCCNCC1. The van der Waals surface area contributed by atoms with Gasteiger partial charge in [-0.1, -0.05) is 0 Å². The highest BCUT2D eigenvalue weighted by molar-refractivity contribution is 5.76. The van der Waals surface area contributed by atoms with E-state index < -0.39 is 0 Å². The molecule has 100 valence electrons. The minimum atomic E-state index is 0.263. The van der Waals surface area contributed by atoms with Crippen LogP contribution < -0.4 is 5.32 Å². The van der Waals surface area contributed by atoms with Gasteiger partial charge in [0.25, 0.3) is 0 Å². The number of carbonyl (C=O) groups excluding carboxylic acids is 1. The zero-order valence-electron chi connectivity index (χ0n) is 11.3. The first kappa shape index (κ1) is 13.1. The summed E-state index contributed by atoms with van der Waals surface area (Å²) in [5, 5.41) is 10.4. The summed E-state index contributed by atoms with van der Waals surface area (Å²) in [6.45, 7) is 7.64. The van der Waals surface area contributed by atoms with Crippen molar-refractivity contribution in [3.8, 4) is 0 Å². The Hall–Kier alpha value is -1.36. The molecule has 0 aliphatic carbocycles. The van der Waals surface area contributed by atoms with Crippen molar-refractivity contribution in [2.45, 2.75) is 33.1 Å². The summed E-state index contributed by atoms with van der Waals surface area (Å²) >= 11 is 0. The third-order valence-corrected chi connectivity index (χ3v) is 3.56. The number of aryl methyl sites for hydroxylation is 2. The summed E-state index contributed by atoms with van der Waals surface area (Å²) in [5.74, 6) is 0.263. The second kappa shape index (κ2) is 6.00. The summed E-state index contributed by atoms with van der Waals surface area (Å²) < 4.78 is 0. The molecule has 0 bridgehead atoms. The lowest BCUT2D eigenvalue weighted by atomic mass is 10.1. The molecular formula is C13H22N4O. The van der Waals surface area contributed by atoms with E-state index in [-0.39, 0.29) is 5.91 Å². The smallest absolute Gasteiger partial charge is 0.222 e. The number of nitrogens with one attached hydrogen (secondary N) is 2. The van der Waals surface area contributed by atoms with E-state index in [2.05, 4.69) is 15.5 Å². The van der Waals surface area contributed by atoms with Crippen molar-refractivity contribution >= 4 is 5.91 Å². The van der Waals surface area contributed by atoms with Gasteiger partial charge >= 0.3 is 0 Å². The van der Waals surface area contributed by atoms with E-state index in [9.17, 15) is 4.79 Å². The molecule has 1 saturated heterocycles. The van der Waals surface area contributed by atoms with Crippen LogP contribution >= 0.6 is 0 Å². The zero-order chi connectivity index (χ0) is 13.0. The topological polar surface area (TPSA) is 61.0 Å². The van der Waals surface area contributed by atoms with Crippen LogP contribution in [0.5, 0.6) is 0 Å². The molecule has 1 aromatic heterocycles. The lowest BCUT2D eigenvalue weighted by Gasteiger charge is -2.19. The Morgan fingerprint density at radius 3 is 2.89 bits per heavy atom. The third-order valence-electron chi connectivity index (χ3n) is 3.56. The zero-order valence-corrected chi connectivity index (χ0v) is 11.3. The van der Waals surface area contributed by atoms with Gasteiger partial charge < -0.3 is 10.2 Å². The van der Waals surface area contributed by atoms with Gasteiger partial charge in [-0.25, -0.2) is 0 Å². The summed E-state index contributed by atoms with van der Waals surface area (Å²) in [6, 6.07) is 0. The van der Waals surface area contributed by atoms with E-state index in [1.54, 1.807) is 0 Å². The number of amides is 1. The molecule has 1 fully saturated rings. The molecule has 0 atom stereocenters. The third kappa shape index (κ3) is 3.10. The predicted octanol–water partition coefficient (Wildman–Crippen LogP) is 0.781. The normalized spacial score (nSPS) is 16.7. The Morgan fingerprint density at radius 2 is 2.17 bits per heavy atom. The molecule has 0 aromatic carbocycles. The van der Waals surface area contributed by atoms with Gasteiger partial charge in [-0.3, -0.25) is 9.89 Å². The van der Waals surface area contributed by atoms with E-state index in [0.717, 1.165) is 50.4 Å². The number of aromatic amines is 1. The molecule has 2 rings (SSSR count). The van der Waals surface area contributed by atoms with Crippen molar-refractivity contribution in [3.05, 3.63) is 17.0 Å². The van der Waals surface area contributed by atoms with Crippen LogP contribution in [0.2, 0.25) is 0 Å². The van der Waals surface area contributed by atoms with Crippen LogP contribution in [0, 0.1) is 13.8 Å². The fraction of sp³-hybridized carbons (Fsp3) is 0.692. The van der Waals surface area contributed by atoms with Gasteiger partial charge in [0.15, 0.2) is 0 Å². The molecule has 2 N–H and O–H groups in total. The number of nitrogens with zero attached hydrogens (tertiary/aromatic N) is 2. The minimum Gasteiger partial charge on any atom is -0.341 e. The average Bonchev–Trinajstić information content (AvgIpc) is 2.61. The van der Waals surface area contributed by atoms with Gasteiger partial charge in [0, 0.05) is 31.7 Å². The maximum atomic E-state index is 12.1. The molecule has 1 amide bonds. The average molecular weight is 250 g/mol. The quantitative estimate of drug-likeness (QED) is 0.833. The van der Waals surface area contributed by atoms with E-state index >= 15 is 0 Å². The van der Waals surface area contributed by atoms with Crippen LogP contribution in [0.1, 0.15) is 29.8 Å². The monoisotopic (exact) mass is 250 g/mol. The summed E-state index contributed by atoms with van der Waals surface area (Å²) in [4.78, 5) is 14.1. The highest BCUT2D eigenvalue weighted by Crippen LogP contribution is 2.12. The predicted molar refractivity (Wildman–Crippen MR) is 70.4 cm³/mol. The molecule has 1 aliphatic heterocycles. The van der Waals surface area contributed by atoms with Gasteiger partial charge in [0.2, 0.25) is 5.91 Å². The molecule has 5 nitrogen and oxygen atoms in total. The minimum absolute atomic E-state index is 0.263. The maximum absolute atomic E-state index is 12.1. The molecule has 1 aliphatic rings. The van der Waals surface area contributed by atoms with Crippen LogP contribution in [0.3, 0.4) is 0 Å². The summed E-state index contributed by atoms with van der Waals surface area (Å²) in [5.41, 5.74) is 3.28. The Kier molecular flexibility index (Phi) is 4.36. The number of hydrogen-bond acceptors (Lipinski definition) is 3. The number of aromatic nitrogens is 2. The van der Waals surface area contributed by atoms with Crippen LogP contribution in [-0.4, -0.2) is 47.2 Å². The summed E-state index contributed by atoms with van der Waals surface area (Å²) in [7, 11) is 0. The molecule has 2 heterocycles. The van der Waals surface area contributed by atoms with E-state index in [1.165, 1.54) is 5.56 Å². The van der Waals surface area contributed by atoms with Gasteiger partial charge in [-0.2, -0.15) is 5.10 Å². The van der Waals surface area contributed by atoms with Crippen LogP contribution in [0.4, 0.5) is 0 Å². The Labute approximate surface area is 108 Å². The van der Waals surface area contributed by atoms with Gasteiger partial charge in [-0.15, -0.1) is 0 Å². The van der Waals surface area contributed by atoms with Crippen molar-refractivity contribution in [1.82, 2.24) is 20.4 Å². The second-order valence-corrected chi connectivity index (χ2v) is 4.90.